The maximum absolute atomic E-state index is 11.0. The average Bonchev–Trinajstić information content (AvgIpc) is 3.03. The first-order chi connectivity index (χ1) is 20.5. The normalized spacial score (nSPS) is 10.8. The summed E-state index contributed by atoms with van der Waals surface area (Å²) >= 11 is 13.9. The molecule has 0 unspecified atom stereocenters. The molecule has 0 saturated carbocycles. The first kappa shape index (κ1) is 27.4. The van der Waals surface area contributed by atoms with Crippen LogP contribution in [0.5, 0.6) is 11.5 Å². The van der Waals surface area contributed by atoms with Crippen molar-refractivity contribution in [3.63, 3.8) is 0 Å². The van der Waals surface area contributed by atoms with E-state index in [0.717, 1.165) is 55.6 Å². The van der Waals surface area contributed by atoms with Gasteiger partial charge in [-0.25, -0.2) is 0 Å². The highest BCUT2D eigenvalue weighted by Gasteiger charge is 2.26. The molecule has 0 bridgehead atoms. The van der Waals surface area contributed by atoms with Crippen molar-refractivity contribution in [2.24, 2.45) is 0 Å². The third-order valence-corrected chi connectivity index (χ3v) is 7.65. The van der Waals surface area contributed by atoms with Crippen molar-refractivity contribution in [3.05, 3.63) is 161 Å². The molecule has 0 aliphatic rings. The fraction of sp³-hybridized carbons (Fsp3) is 0. The molecule has 6 aromatic carbocycles. The van der Waals surface area contributed by atoms with Crippen LogP contribution in [-0.2, 0) is 0 Å². The van der Waals surface area contributed by atoms with Crippen molar-refractivity contribution < 1.29 is 10.2 Å². The summed E-state index contributed by atoms with van der Waals surface area (Å²) < 4.78 is 0.0649. The SMILES string of the molecule is Oc1cc(-c2ccccc2)c(C(=C(Cl)Cl)c2c(-c3ccccc3)cc(O)cc2-c2ccccc2)c(-c2ccccc2)c1. The maximum Gasteiger partial charge on any atom is 0.116 e. The van der Waals surface area contributed by atoms with Crippen LogP contribution in [0.2, 0.25) is 0 Å². The van der Waals surface area contributed by atoms with Gasteiger partial charge in [-0.2, -0.15) is 0 Å². The summed E-state index contributed by atoms with van der Waals surface area (Å²) in [5.41, 5.74) is 8.81. The molecular weight excluding hydrogens is 559 g/mol. The van der Waals surface area contributed by atoms with Crippen molar-refractivity contribution >= 4 is 28.8 Å². The molecule has 204 valence electrons. The van der Waals surface area contributed by atoms with Gasteiger partial charge in [0.2, 0.25) is 0 Å². The van der Waals surface area contributed by atoms with E-state index in [-0.39, 0.29) is 16.0 Å². The van der Waals surface area contributed by atoms with Crippen molar-refractivity contribution in [3.8, 4) is 56.0 Å². The molecule has 2 N–H and O–H groups in total. The lowest BCUT2D eigenvalue weighted by Crippen LogP contribution is -2.02. The van der Waals surface area contributed by atoms with Gasteiger partial charge in [-0.15, -0.1) is 0 Å². The van der Waals surface area contributed by atoms with Crippen LogP contribution in [0, 0.1) is 0 Å². The minimum Gasteiger partial charge on any atom is -0.508 e. The molecule has 0 fully saturated rings. The van der Waals surface area contributed by atoms with Gasteiger partial charge >= 0.3 is 0 Å². The molecule has 6 rings (SSSR count). The fourth-order valence-corrected chi connectivity index (χ4v) is 5.87. The van der Waals surface area contributed by atoms with Crippen LogP contribution < -0.4 is 0 Å². The van der Waals surface area contributed by atoms with Crippen LogP contribution in [0.4, 0.5) is 0 Å². The van der Waals surface area contributed by atoms with Crippen molar-refractivity contribution in [2.45, 2.75) is 0 Å². The van der Waals surface area contributed by atoms with Crippen LogP contribution in [0.15, 0.2) is 150 Å². The van der Waals surface area contributed by atoms with Crippen molar-refractivity contribution in [2.75, 3.05) is 0 Å². The fourth-order valence-electron chi connectivity index (χ4n) is 5.49. The van der Waals surface area contributed by atoms with E-state index >= 15 is 0 Å². The Morgan fingerprint density at radius 2 is 0.619 bits per heavy atom. The Bertz CT molecular complexity index is 1620. The maximum atomic E-state index is 11.0. The topological polar surface area (TPSA) is 40.5 Å². The van der Waals surface area contributed by atoms with E-state index in [2.05, 4.69) is 0 Å². The molecule has 4 heteroatoms. The molecule has 0 aromatic heterocycles. The monoisotopic (exact) mass is 584 g/mol. The zero-order valence-electron chi connectivity index (χ0n) is 22.5. The van der Waals surface area contributed by atoms with Gasteiger partial charge in [-0.3, -0.25) is 0 Å². The Labute approximate surface area is 255 Å². The predicted molar refractivity (Wildman–Crippen MR) is 176 cm³/mol. The third kappa shape index (κ3) is 5.43. The lowest BCUT2D eigenvalue weighted by atomic mass is 9.80. The molecule has 0 amide bonds. The van der Waals surface area contributed by atoms with E-state index in [9.17, 15) is 10.2 Å². The van der Waals surface area contributed by atoms with Gasteiger partial charge < -0.3 is 10.2 Å². The molecule has 0 aliphatic heterocycles. The Balaban J connectivity index is 1.79. The summed E-state index contributed by atoms with van der Waals surface area (Å²) in [6, 6.07) is 46.5. The van der Waals surface area contributed by atoms with E-state index in [1.165, 1.54) is 0 Å². The smallest absolute Gasteiger partial charge is 0.116 e. The largest absolute Gasteiger partial charge is 0.508 e. The Hall–Kier alpha value is -4.76. The number of rotatable bonds is 6. The van der Waals surface area contributed by atoms with Crippen LogP contribution in [0.3, 0.4) is 0 Å². The number of hydrogen-bond acceptors (Lipinski definition) is 2. The van der Waals surface area contributed by atoms with Gasteiger partial charge in [0.05, 0.1) is 0 Å². The quantitative estimate of drug-likeness (QED) is 0.204. The van der Waals surface area contributed by atoms with Crippen LogP contribution in [-0.4, -0.2) is 10.2 Å². The summed E-state index contributed by atoms with van der Waals surface area (Å²) in [6.07, 6.45) is 0. The molecule has 0 radical (unpaired) electrons. The minimum absolute atomic E-state index is 0.0649. The number of hydrogen-bond donors (Lipinski definition) is 2. The Morgan fingerprint density at radius 1 is 0.381 bits per heavy atom. The first-order valence-corrected chi connectivity index (χ1v) is 14.3. The van der Waals surface area contributed by atoms with Crippen LogP contribution >= 0.6 is 23.2 Å². The highest BCUT2D eigenvalue weighted by molar-refractivity contribution is 6.59. The van der Waals surface area contributed by atoms with Gasteiger partial charge in [0.1, 0.15) is 16.0 Å². The second-order valence-corrected chi connectivity index (χ2v) is 10.9. The zero-order valence-corrected chi connectivity index (χ0v) is 24.0. The molecule has 0 heterocycles. The summed E-state index contributed by atoms with van der Waals surface area (Å²) in [5, 5.41) is 22.0. The Kier molecular flexibility index (Phi) is 7.83. The third-order valence-electron chi connectivity index (χ3n) is 7.27. The van der Waals surface area contributed by atoms with Gasteiger partial charge in [0.25, 0.3) is 0 Å². The molecule has 0 aliphatic carbocycles. The van der Waals surface area contributed by atoms with E-state index in [1.807, 2.05) is 121 Å². The molecule has 42 heavy (non-hydrogen) atoms. The molecule has 0 atom stereocenters. The lowest BCUT2D eigenvalue weighted by molar-refractivity contribution is 0.475. The van der Waals surface area contributed by atoms with E-state index in [1.54, 1.807) is 24.3 Å². The summed E-state index contributed by atoms with van der Waals surface area (Å²) in [5.74, 6) is 0.248. The van der Waals surface area contributed by atoms with Crippen molar-refractivity contribution in [1.82, 2.24) is 0 Å². The number of benzene rings is 6. The standard InChI is InChI=1S/C38H26Cl2O2/c39-38(40)37(35-31(25-13-5-1-6-14-25)21-29(41)22-32(35)26-15-7-2-8-16-26)36-33(27-17-9-3-10-18-27)23-30(42)24-34(36)28-19-11-4-12-20-28/h1-24,41-42H. The molecule has 0 spiro atoms. The Morgan fingerprint density at radius 3 is 0.833 bits per heavy atom. The molecule has 0 saturated heterocycles. The summed E-state index contributed by atoms with van der Waals surface area (Å²) in [6.45, 7) is 0. The molecule has 2 nitrogen and oxygen atoms in total. The highest BCUT2D eigenvalue weighted by atomic mass is 35.5. The first-order valence-electron chi connectivity index (χ1n) is 13.5. The van der Waals surface area contributed by atoms with E-state index < -0.39 is 0 Å². The van der Waals surface area contributed by atoms with Crippen LogP contribution in [0.1, 0.15) is 11.1 Å². The van der Waals surface area contributed by atoms with E-state index in [0.29, 0.717) is 5.57 Å². The average molecular weight is 586 g/mol. The number of aromatic hydroxyl groups is 2. The van der Waals surface area contributed by atoms with Gasteiger partial charge in [0, 0.05) is 16.7 Å². The number of halogens is 2. The lowest BCUT2D eigenvalue weighted by Gasteiger charge is -2.24. The second-order valence-electron chi connectivity index (χ2n) is 9.93. The van der Waals surface area contributed by atoms with Gasteiger partial charge in [-0.1, -0.05) is 145 Å². The second kappa shape index (κ2) is 12.0. The highest BCUT2D eigenvalue weighted by Crippen LogP contribution is 2.50. The van der Waals surface area contributed by atoms with Crippen LogP contribution in [0.25, 0.3) is 50.1 Å². The van der Waals surface area contributed by atoms with Gasteiger partial charge in [0.15, 0.2) is 0 Å². The molecule has 6 aromatic rings. The molecular formula is C38H26Cl2O2. The van der Waals surface area contributed by atoms with Gasteiger partial charge in [-0.05, 0) is 68.8 Å². The predicted octanol–water partition coefficient (Wildman–Crippen LogP) is 11.0. The summed E-state index contributed by atoms with van der Waals surface area (Å²) in [4.78, 5) is 0. The zero-order chi connectivity index (χ0) is 29.1. The summed E-state index contributed by atoms with van der Waals surface area (Å²) in [7, 11) is 0. The number of phenols is 2. The van der Waals surface area contributed by atoms with E-state index in [4.69, 9.17) is 23.2 Å². The number of phenolic OH excluding ortho intramolecular Hbond substituents is 2. The minimum atomic E-state index is 0.0649. The van der Waals surface area contributed by atoms with Crippen molar-refractivity contribution in [1.29, 1.82) is 0 Å².